The van der Waals surface area contributed by atoms with Crippen LogP contribution in [0.25, 0.3) is 0 Å². The number of anilines is 1. The van der Waals surface area contributed by atoms with Crippen molar-refractivity contribution < 1.29 is 14.3 Å². The van der Waals surface area contributed by atoms with Gasteiger partial charge in [-0.1, -0.05) is 6.07 Å². The molecule has 0 aliphatic carbocycles. The molecule has 1 N–H and O–H groups in total. The Balaban J connectivity index is 2.00. The molecule has 1 aromatic carbocycles. The molecule has 1 aromatic rings. The van der Waals surface area contributed by atoms with E-state index >= 15 is 0 Å². The van der Waals surface area contributed by atoms with E-state index in [4.69, 9.17) is 25.3 Å². The smallest absolute Gasteiger partial charge is 0.260 e. The first-order valence-electron chi connectivity index (χ1n) is 7.48. The molecule has 1 fully saturated rings. The number of hydrogen-bond acceptors (Lipinski definition) is 7. The van der Waals surface area contributed by atoms with Gasteiger partial charge in [-0.25, -0.2) is 0 Å². The van der Waals surface area contributed by atoms with Crippen molar-refractivity contribution in [3.05, 3.63) is 35.5 Å². The van der Waals surface area contributed by atoms with Crippen LogP contribution in [-0.4, -0.2) is 43.7 Å². The van der Waals surface area contributed by atoms with Crippen LogP contribution in [0, 0.1) is 34.0 Å². The van der Waals surface area contributed by atoms with Crippen molar-refractivity contribution in [2.24, 2.45) is 0 Å². The molecule has 8 heteroatoms. The molecule has 0 spiro atoms. The number of allylic oxidation sites excluding steroid dienone is 2. The summed E-state index contributed by atoms with van der Waals surface area (Å²) in [6.07, 6.45) is 0. The molecule has 2 rings (SSSR count). The van der Waals surface area contributed by atoms with E-state index in [-0.39, 0.29) is 23.8 Å². The molecule has 1 saturated heterocycles. The van der Waals surface area contributed by atoms with Crippen molar-refractivity contribution in [1.82, 2.24) is 4.90 Å². The molecule has 0 radical (unpaired) electrons. The van der Waals surface area contributed by atoms with Gasteiger partial charge in [0, 0.05) is 24.8 Å². The summed E-state index contributed by atoms with van der Waals surface area (Å²) < 4.78 is 10.7. The van der Waals surface area contributed by atoms with Gasteiger partial charge in [-0.05, 0) is 12.1 Å². The van der Waals surface area contributed by atoms with Crippen LogP contribution in [0.2, 0.25) is 0 Å². The minimum atomic E-state index is -0.309. The quantitative estimate of drug-likeness (QED) is 0.800. The molecule has 0 atom stereocenters. The second kappa shape index (κ2) is 8.93. The highest BCUT2D eigenvalue weighted by atomic mass is 16.5. The van der Waals surface area contributed by atoms with E-state index in [1.54, 1.807) is 47.4 Å². The lowest BCUT2D eigenvalue weighted by Gasteiger charge is -2.26. The average Bonchev–Trinajstić information content (AvgIpc) is 2.67. The lowest BCUT2D eigenvalue weighted by molar-refractivity contribution is -0.137. The minimum absolute atomic E-state index is 0.105. The first kappa shape index (κ1) is 17.8. The highest BCUT2D eigenvalue weighted by Crippen LogP contribution is 2.19. The van der Waals surface area contributed by atoms with Crippen LogP contribution in [0.3, 0.4) is 0 Å². The van der Waals surface area contributed by atoms with Gasteiger partial charge in [0.1, 0.15) is 29.7 Å². The standard InChI is InChI=1S/C17H15N5O3/c18-9-13(10-19)16(11-20)21-14-2-1-3-15(8-14)25-12-17(23)22-4-6-24-7-5-22/h1-3,8,21H,4-7,12H2. The van der Waals surface area contributed by atoms with Crippen LogP contribution in [0.5, 0.6) is 5.75 Å². The van der Waals surface area contributed by atoms with E-state index in [1.165, 1.54) is 0 Å². The van der Waals surface area contributed by atoms with Gasteiger partial charge >= 0.3 is 0 Å². The molecule has 0 bridgehead atoms. The number of amides is 1. The average molecular weight is 337 g/mol. The molecular formula is C17H15N5O3. The zero-order valence-corrected chi connectivity index (χ0v) is 13.4. The monoisotopic (exact) mass is 337 g/mol. The Morgan fingerprint density at radius 1 is 1.20 bits per heavy atom. The number of nitriles is 3. The summed E-state index contributed by atoms with van der Waals surface area (Å²) in [6, 6.07) is 11.7. The third kappa shape index (κ3) is 4.97. The number of benzene rings is 1. The van der Waals surface area contributed by atoms with E-state index in [0.29, 0.717) is 37.7 Å². The molecule has 1 amide bonds. The third-order valence-electron chi connectivity index (χ3n) is 3.41. The summed E-state index contributed by atoms with van der Waals surface area (Å²) in [5, 5.41) is 29.4. The van der Waals surface area contributed by atoms with Crippen LogP contribution in [0.1, 0.15) is 0 Å². The third-order valence-corrected chi connectivity index (χ3v) is 3.41. The molecule has 25 heavy (non-hydrogen) atoms. The van der Waals surface area contributed by atoms with E-state index in [9.17, 15) is 4.79 Å². The molecular weight excluding hydrogens is 322 g/mol. The van der Waals surface area contributed by atoms with Gasteiger partial charge in [-0.15, -0.1) is 0 Å². The molecule has 0 aromatic heterocycles. The largest absolute Gasteiger partial charge is 0.484 e. The first-order valence-corrected chi connectivity index (χ1v) is 7.48. The summed E-state index contributed by atoms with van der Waals surface area (Å²) in [5.41, 5.74) is 0.0127. The predicted octanol–water partition coefficient (Wildman–Crippen LogP) is 1.16. The molecule has 0 unspecified atom stereocenters. The second-order valence-corrected chi connectivity index (χ2v) is 5.02. The van der Waals surface area contributed by atoms with Gasteiger partial charge in [0.15, 0.2) is 12.2 Å². The number of carbonyl (C=O) groups is 1. The number of rotatable bonds is 5. The van der Waals surface area contributed by atoms with Crippen molar-refractivity contribution in [3.63, 3.8) is 0 Å². The Hall–Kier alpha value is -3.54. The zero-order valence-electron chi connectivity index (χ0n) is 13.4. The Morgan fingerprint density at radius 3 is 2.56 bits per heavy atom. The van der Waals surface area contributed by atoms with Gasteiger partial charge in [-0.3, -0.25) is 4.79 Å². The lowest BCUT2D eigenvalue weighted by atomic mass is 10.2. The topological polar surface area (TPSA) is 122 Å². The van der Waals surface area contributed by atoms with Gasteiger partial charge < -0.3 is 19.7 Å². The highest BCUT2D eigenvalue weighted by molar-refractivity contribution is 5.78. The Bertz CT molecular complexity index is 776. The maximum atomic E-state index is 12.1. The normalized spacial score (nSPS) is 12.9. The molecule has 1 heterocycles. The fourth-order valence-electron chi connectivity index (χ4n) is 2.14. The van der Waals surface area contributed by atoms with E-state index < -0.39 is 0 Å². The summed E-state index contributed by atoms with van der Waals surface area (Å²) in [5.74, 6) is 0.301. The number of carbonyl (C=O) groups excluding carboxylic acids is 1. The first-order chi connectivity index (χ1) is 12.2. The van der Waals surface area contributed by atoms with Crippen LogP contribution in [0.4, 0.5) is 5.69 Å². The fourth-order valence-corrected chi connectivity index (χ4v) is 2.14. The maximum absolute atomic E-state index is 12.1. The number of morpholine rings is 1. The predicted molar refractivity (Wildman–Crippen MR) is 86.8 cm³/mol. The Labute approximate surface area is 145 Å². The van der Waals surface area contributed by atoms with Gasteiger partial charge in [0.2, 0.25) is 0 Å². The van der Waals surface area contributed by atoms with Gasteiger partial charge in [-0.2, -0.15) is 15.8 Å². The molecule has 0 saturated carbocycles. The van der Waals surface area contributed by atoms with Crippen molar-refractivity contribution in [2.45, 2.75) is 0 Å². The fraction of sp³-hybridized carbons (Fsp3) is 0.294. The number of ether oxygens (including phenoxy) is 2. The van der Waals surface area contributed by atoms with Crippen LogP contribution in [-0.2, 0) is 9.53 Å². The van der Waals surface area contributed by atoms with Crippen molar-refractivity contribution in [3.8, 4) is 24.0 Å². The van der Waals surface area contributed by atoms with E-state index in [2.05, 4.69) is 5.32 Å². The number of nitrogens with zero attached hydrogens (tertiary/aromatic N) is 4. The summed E-state index contributed by atoms with van der Waals surface area (Å²) in [7, 11) is 0. The van der Waals surface area contributed by atoms with Gasteiger partial charge in [0.05, 0.1) is 13.2 Å². The summed E-state index contributed by atoms with van der Waals surface area (Å²) >= 11 is 0. The van der Waals surface area contributed by atoms with Crippen LogP contribution in [0.15, 0.2) is 35.5 Å². The summed E-state index contributed by atoms with van der Waals surface area (Å²) in [6.45, 7) is 2.03. The summed E-state index contributed by atoms with van der Waals surface area (Å²) in [4.78, 5) is 13.7. The van der Waals surface area contributed by atoms with Crippen LogP contribution < -0.4 is 10.1 Å². The van der Waals surface area contributed by atoms with E-state index in [0.717, 1.165) is 0 Å². The minimum Gasteiger partial charge on any atom is -0.484 e. The zero-order chi connectivity index (χ0) is 18.1. The number of nitrogens with one attached hydrogen (secondary N) is 1. The van der Waals surface area contributed by atoms with E-state index in [1.807, 2.05) is 0 Å². The Morgan fingerprint density at radius 2 is 1.92 bits per heavy atom. The molecule has 126 valence electrons. The molecule has 1 aliphatic rings. The van der Waals surface area contributed by atoms with Crippen LogP contribution >= 0.6 is 0 Å². The van der Waals surface area contributed by atoms with Crippen molar-refractivity contribution in [1.29, 1.82) is 15.8 Å². The molecule has 1 aliphatic heterocycles. The number of hydrogen-bond donors (Lipinski definition) is 1. The van der Waals surface area contributed by atoms with Crippen molar-refractivity contribution in [2.75, 3.05) is 38.2 Å². The lowest BCUT2D eigenvalue weighted by Crippen LogP contribution is -2.42. The van der Waals surface area contributed by atoms with Gasteiger partial charge in [0.25, 0.3) is 5.91 Å². The Kier molecular flexibility index (Phi) is 6.36. The van der Waals surface area contributed by atoms with Crippen molar-refractivity contribution >= 4 is 11.6 Å². The molecule has 8 nitrogen and oxygen atoms in total. The second-order valence-electron chi connectivity index (χ2n) is 5.02. The maximum Gasteiger partial charge on any atom is 0.260 e. The highest BCUT2D eigenvalue weighted by Gasteiger charge is 2.17. The SMILES string of the molecule is N#CC(C#N)=C(C#N)Nc1cccc(OCC(=O)N2CCOCC2)c1.